The summed E-state index contributed by atoms with van der Waals surface area (Å²) in [5, 5.41) is 9.26. The van der Waals surface area contributed by atoms with Gasteiger partial charge in [-0.1, -0.05) is 25.6 Å². The summed E-state index contributed by atoms with van der Waals surface area (Å²) >= 11 is 1.41. The smallest absolute Gasteiger partial charge is 0.233 e. The van der Waals surface area contributed by atoms with E-state index in [0.29, 0.717) is 30.1 Å². The number of nitrogens with two attached hydrogens (primary N) is 1. The van der Waals surface area contributed by atoms with E-state index in [1.54, 1.807) is 0 Å². The van der Waals surface area contributed by atoms with E-state index in [2.05, 4.69) is 24.0 Å². The minimum atomic E-state index is -0.334. The molecule has 0 bridgehead atoms. The van der Waals surface area contributed by atoms with Crippen LogP contribution in [0, 0.1) is 11.8 Å². The van der Waals surface area contributed by atoms with Crippen LogP contribution < -0.4 is 5.73 Å². The van der Waals surface area contributed by atoms with Gasteiger partial charge in [0.2, 0.25) is 11.8 Å². The Hall–Kier alpha value is -1.57. The fourth-order valence-corrected chi connectivity index (χ4v) is 4.44. The van der Waals surface area contributed by atoms with Crippen LogP contribution in [0.3, 0.4) is 0 Å². The third-order valence-electron chi connectivity index (χ3n) is 4.82. The zero-order chi connectivity index (χ0) is 18.0. The van der Waals surface area contributed by atoms with Gasteiger partial charge in [-0.15, -0.1) is 10.2 Å². The summed E-state index contributed by atoms with van der Waals surface area (Å²) in [6, 6.07) is 0. The molecule has 2 N–H and O–H groups in total. The van der Waals surface area contributed by atoms with Crippen LogP contribution in [0.5, 0.6) is 0 Å². The van der Waals surface area contributed by atoms with Crippen molar-refractivity contribution in [2.45, 2.75) is 57.1 Å². The van der Waals surface area contributed by atoms with E-state index in [1.165, 1.54) is 18.2 Å². The first-order valence-corrected chi connectivity index (χ1v) is 10.0. The van der Waals surface area contributed by atoms with Crippen LogP contribution in [0.15, 0.2) is 5.16 Å². The van der Waals surface area contributed by atoms with E-state index >= 15 is 0 Å². The van der Waals surface area contributed by atoms with E-state index in [9.17, 15) is 9.59 Å². The minimum Gasteiger partial charge on any atom is -0.370 e. The van der Waals surface area contributed by atoms with Gasteiger partial charge in [0.1, 0.15) is 5.82 Å². The lowest BCUT2D eigenvalue weighted by Crippen LogP contribution is -2.43. The quantitative estimate of drug-likeness (QED) is 0.741. The van der Waals surface area contributed by atoms with Gasteiger partial charge in [-0.05, 0) is 31.1 Å². The molecule has 138 valence electrons. The van der Waals surface area contributed by atoms with Crippen LogP contribution in [0.1, 0.15) is 51.3 Å². The number of likely N-dealkylation sites (tertiary alicyclic amines) is 1. The van der Waals surface area contributed by atoms with Crippen LogP contribution in [0.25, 0.3) is 0 Å². The van der Waals surface area contributed by atoms with Crippen molar-refractivity contribution in [3.05, 3.63) is 5.82 Å². The number of carbonyl (C=O) groups is 2. The predicted octanol–water partition coefficient (Wildman–Crippen LogP) is 1.63. The summed E-state index contributed by atoms with van der Waals surface area (Å²) < 4.78 is 1.97. The zero-order valence-corrected chi connectivity index (χ0v) is 15.8. The molecule has 2 amide bonds. The highest BCUT2D eigenvalue weighted by Gasteiger charge is 2.31. The largest absolute Gasteiger partial charge is 0.370 e. The first-order chi connectivity index (χ1) is 11.9. The Balaban J connectivity index is 1.62. The van der Waals surface area contributed by atoms with E-state index in [-0.39, 0.29) is 18.2 Å². The summed E-state index contributed by atoms with van der Waals surface area (Å²) in [6.45, 7) is 6.57. The molecule has 2 unspecified atom stereocenters. The fourth-order valence-electron chi connectivity index (χ4n) is 3.57. The molecular weight excluding hydrogens is 338 g/mol. The number of hydrogen-bond donors (Lipinski definition) is 1. The van der Waals surface area contributed by atoms with Crippen molar-refractivity contribution in [2.75, 3.05) is 18.8 Å². The molecule has 0 radical (unpaired) electrons. The van der Waals surface area contributed by atoms with Crippen molar-refractivity contribution >= 4 is 23.6 Å². The van der Waals surface area contributed by atoms with Gasteiger partial charge in [-0.3, -0.25) is 9.59 Å². The van der Waals surface area contributed by atoms with Crippen molar-refractivity contribution in [3.8, 4) is 0 Å². The summed E-state index contributed by atoms with van der Waals surface area (Å²) in [6.07, 6.45) is 3.67. The first-order valence-electron chi connectivity index (χ1n) is 9.06. The topological polar surface area (TPSA) is 94.1 Å². The molecule has 8 heteroatoms. The zero-order valence-electron chi connectivity index (χ0n) is 15.0. The molecule has 1 aliphatic heterocycles. The van der Waals surface area contributed by atoms with Gasteiger partial charge in [0.15, 0.2) is 5.16 Å². The second kappa shape index (κ2) is 7.76. The number of primary amides is 1. The molecule has 1 aromatic heterocycles. The Labute approximate surface area is 152 Å². The molecule has 1 aliphatic carbocycles. The number of thioether (sulfide) groups is 1. The molecule has 25 heavy (non-hydrogen) atoms. The van der Waals surface area contributed by atoms with Crippen LogP contribution in [0.2, 0.25) is 0 Å². The van der Waals surface area contributed by atoms with Crippen molar-refractivity contribution < 1.29 is 9.59 Å². The lowest BCUT2D eigenvalue weighted by atomic mass is 9.92. The maximum absolute atomic E-state index is 12.6. The third kappa shape index (κ3) is 4.74. The van der Waals surface area contributed by atoms with Gasteiger partial charge in [-0.25, -0.2) is 0 Å². The Morgan fingerprint density at radius 2 is 1.88 bits per heavy atom. The second-order valence-corrected chi connectivity index (χ2v) is 8.46. The van der Waals surface area contributed by atoms with Gasteiger partial charge >= 0.3 is 0 Å². The van der Waals surface area contributed by atoms with Crippen LogP contribution in [-0.4, -0.2) is 50.3 Å². The number of piperidine rings is 1. The van der Waals surface area contributed by atoms with Crippen molar-refractivity contribution in [1.29, 1.82) is 0 Å². The maximum atomic E-state index is 12.6. The second-order valence-electron chi connectivity index (χ2n) is 7.52. The van der Waals surface area contributed by atoms with Gasteiger partial charge in [0.05, 0.1) is 5.75 Å². The van der Waals surface area contributed by atoms with Crippen LogP contribution in [0.4, 0.5) is 0 Å². The molecule has 2 atom stereocenters. The standard InChI is InChI=1S/C17H27N5O2S/c1-11-7-12(2)9-21(8-11)15(24)10-25-17-20-19-16(13-3-4-13)22(17)6-5-14(18)23/h11-13H,3-10H2,1-2H3,(H2,18,23). The number of nitrogens with zero attached hydrogens (tertiary/aromatic N) is 4. The maximum Gasteiger partial charge on any atom is 0.233 e. The van der Waals surface area contributed by atoms with Crippen molar-refractivity contribution in [1.82, 2.24) is 19.7 Å². The average molecular weight is 366 g/mol. The third-order valence-corrected chi connectivity index (χ3v) is 5.77. The summed E-state index contributed by atoms with van der Waals surface area (Å²) in [5.41, 5.74) is 5.29. The summed E-state index contributed by atoms with van der Waals surface area (Å²) in [5.74, 6) is 2.65. The Kier molecular flexibility index (Phi) is 5.66. The molecule has 2 fully saturated rings. The molecule has 3 rings (SSSR count). The Morgan fingerprint density at radius 3 is 2.48 bits per heavy atom. The summed E-state index contributed by atoms with van der Waals surface area (Å²) in [7, 11) is 0. The fraction of sp³-hybridized carbons (Fsp3) is 0.765. The molecule has 1 saturated carbocycles. The van der Waals surface area contributed by atoms with E-state index < -0.39 is 0 Å². The predicted molar refractivity (Wildman–Crippen MR) is 96.1 cm³/mol. The molecule has 1 aromatic rings. The van der Waals surface area contributed by atoms with E-state index in [4.69, 9.17) is 5.73 Å². The van der Waals surface area contributed by atoms with Gasteiger partial charge in [-0.2, -0.15) is 0 Å². The SMILES string of the molecule is CC1CC(C)CN(C(=O)CSc2nnc(C3CC3)n2CCC(N)=O)C1. The molecule has 2 aliphatic rings. The number of aromatic nitrogens is 3. The Bertz CT molecular complexity index is 633. The molecule has 7 nitrogen and oxygen atoms in total. The van der Waals surface area contributed by atoms with Gasteiger partial charge < -0.3 is 15.2 Å². The van der Waals surface area contributed by atoms with Crippen LogP contribution >= 0.6 is 11.8 Å². The molecular formula is C17H27N5O2S. The minimum absolute atomic E-state index is 0.154. The highest BCUT2D eigenvalue weighted by atomic mass is 32.2. The lowest BCUT2D eigenvalue weighted by Gasteiger charge is -2.34. The highest BCUT2D eigenvalue weighted by molar-refractivity contribution is 7.99. The lowest BCUT2D eigenvalue weighted by molar-refractivity contribution is -0.131. The first kappa shape index (κ1) is 18.2. The molecule has 2 heterocycles. The number of carbonyl (C=O) groups excluding carboxylic acids is 2. The monoisotopic (exact) mass is 365 g/mol. The van der Waals surface area contributed by atoms with Gasteiger partial charge in [0, 0.05) is 32.0 Å². The average Bonchev–Trinajstić information content (AvgIpc) is 3.30. The molecule has 1 saturated heterocycles. The van der Waals surface area contributed by atoms with E-state index in [0.717, 1.165) is 36.9 Å². The van der Waals surface area contributed by atoms with Crippen LogP contribution in [-0.2, 0) is 16.1 Å². The molecule has 0 aromatic carbocycles. The van der Waals surface area contributed by atoms with Crippen molar-refractivity contribution in [3.63, 3.8) is 0 Å². The highest BCUT2D eigenvalue weighted by Crippen LogP contribution is 2.40. The number of hydrogen-bond acceptors (Lipinski definition) is 5. The molecule has 0 spiro atoms. The Morgan fingerprint density at radius 1 is 1.20 bits per heavy atom. The van der Waals surface area contributed by atoms with Crippen molar-refractivity contribution in [2.24, 2.45) is 17.6 Å². The normalized spacial score (nSPS) is 23.7. The van der Waals surface area contributed by atoms with E-state index in [1.807, 2.05) is 9.47 Å². The van der Waals surface area contributed by atoms with Gasteiger partial charge in [0.25, 0.3) is 0 Å². The summed E-state index contributed by atoms with van der Waals surface area (Å²) in [4.78, 5) is 25.7. The number of rotatable bonds is 7. The number of amides is 2.